The Morgan fingerprint density at radius 2 is 1.80 bits per heavy atom. The van der Waals surface area contributed by atoms with E-state index in [-0.39, 0.29) is 16.5 Å². The molecular formula is C12H6F4O3S. The first-order valence-corrected chi connectivity index (χ1v) is 6.05. The highest BCUT2D eigenvalue weighted by Gasteiger charge is 2.21. The van der Waals surface area contributed by atoms with Gasteiger partial charge in [-0.25, -0.2) is 13.6 Å². The molecule has 1 heterocycles. The second-order valence-corrected chi connectivity index (χ2v) is 4.58. The molecule has 0 aliphatic rings. The van der Waals surface area contributed by atoms with Crippen LogP contribution in [0.25, 0.3) is 0 Å². The van der Waals surface area contributed by atoms with E-state index in [9.17, 15) is 22.4 Å². The predicted molar refractivity (Wildman–Crippen MR) is 61.9 cm³/mol. The van der Waals surface area contributed by atoms with Gasteiger partial charge in [-0.3, -0.25) is 0 Å². The van der Waals surface area contributed by atoms with Gasteiger partial charge in [-0.2, -0.15) is 8.78 Å². The third-order valence-electron chi connectivity index (χ3n) is 2.38. The Balaban J connectivity index is 2.28. The number of hydrogen-bond donors (Lipinski definition) is 1. The zero-order chi connectivity index (χ0) is 14.9. The topological polar surface area (TPSA) is 46.5 Å². The average molecular weight is 306 g/mol. The molecule has 1 N–H and O–H groups in total. The van der Waals surface area contributed by atoms with Crippen LogP contribution < -0.4 is 4.74 Å². The van der Waals surface area contributed by atoms with E-state index in [4.69, 9.17) is 5.11 Å². The van der Waals surface area contributed by atoms with Gasteiger partial charge in [0.15, 0.2) is 17.4 Å². The van der Waals surface area contributed by atoms with Crippen molar-refractivity contribution in [1.29, 1.82) is 0 Å². The van der Waals surface area contributed by atoms with Crippen LogP contribution in [0.2, 0.25) is 0 Å². The number of aromatic carboxylic acids is 1. The number of benzene rings is 1. The number of ether oxygens (including phenoxy) is 1. The number of halogens is 4. The Morgan fingerprint density at radius 3 is 2.35 bits per heavy atom. The van der Waals surface area contributed by atoms with Gasteiger partial charge in [-0.05, 0) is 11.4 Å². The average Bonchev–Trinajstić information content (AvgIpc) is 2.85. The summed E-state index contributed by atoms with van der Waals surface area (Å²) in [7, 11) is 0. The minimum atomic E-state index is -1.67. The van der Waals surface area contributed by atoms with Crippen LogP contribution >= 0.6 is 11.3 Å². The number of carboxylic acids is 1. The molecule has 20 heavy (non-hydrogen) atoms. The van der Waals surface area contributed by atoms with Crippen molar-refractivity contribution in [1.82, 2.24) is 0 Å². The van der Waals surface area contributed by atoms with Crippen molar-refractivity contribution in [3.8, 4) is 5.75 Å². The summed E-state index contributed by atoms with van der Waals surface area (Å²) in [6.45, 7) is -0.526. The van der Waals surface area contributed by atoms with Crippen molar-refractivity contribution in [3.05, 3.63) is 51.2 Å². The van der Waals surface area contributed by atoms with Crippen LogP contribution in [0, 0.1) is 23.3 Å². The molecule has 0 saturated heterocycles. The predicted octanol–water partition coefficient (Wildman–Crippen LogP) is 3.58. The summed E-state index contributed by atoms with van der Waals surface area (Å²) in [6, 6.07) is 1.43. The maximum atomic E-state index is 13.3. The zero-order valence-electron chi connectivity index (χ0n) is 9.62. The third-order valence-corrected chi connectivity index (χ3v) is 3.33. The minimum absolute atomic E-state index is 0.0603. The molecule has 8 heteroatoms. The SMILES string of the molecule is O=C(O)c1sccc1COc1c(F)c(F)cc(F)c1F. The van der Waals surface area contributed by atoms with Gasteiger partial charge in [0.2, 0.25) is 11.6 Å². The van der Waals surface area contributed by atoms with E-state index in [1.807, 2.05) is 0 Å². The Labute approximate surface area is 114 Å². The summed E-state index contributed by atoms with van der Waals surface area (Å²) >= 11 is 0.892. The molecule has 1 aromatic heterocycles. The largest absolute Gasteiger partial charge is 0.483 e. The number of rotatable bonds is 4. The van der Waals surface area contributed by atoms with Crippen LogP contribution in [-0.2, 0) is 6.61 Å². The highest BCUT2D eigenvalue weighted by molar-refractivity contribution is 7.12. The van der Waals surface area contributed by atoms with Gasteiger partial charge in [-0.1, -0.05) is 0 Å². The summed E-state index contributed by atoms with van der Waals surface area (Å²) in [4.78, 5) is 10.7. The standard InChI is InChI=1S/C12H6F4O3S/c13-6-3-7(14)9(16)10(8(6)15)19-4-5-1-2-20-11(5)12(17)18/h1-3H,4H2,(H,17,18). The van der Waals surface area contributed by atoms with Gasteiger partial charge in [-0.15, -0.1) is 11.3 Å². The van der Waals surface area contributed by atoms with Crippen molar-refractivity contribution < 1.29 is 32.2 Å². The van der Waals surface area contributed by atoms with E-state index < -0.39 is 41.6 Å². The first-order chi connectivity index (χ1) is 9.41. The molecule has 0 unspecified atom stereocenters. The Kier molecular flexibility index (Phi) is 3.93. The van der Waals surface area contributed by atoms with Crippen molar-refractivity contribution in [3.63, 3.8) is 0 Å². The maximum absolute atomic E-state index is 13.3. The molecule has 106 valence electrons. The Hall–Kier alpha value is -2.09. The van der Waals surface area contributed by atoms with Gasteiger partial charge in [0.1, 0.15) is 11.5 Å². The molecule has 0 fully saturated rings. The molecule has 0 atom stereocenters. The highest BCUT2D eigenvalue weighted by Crippen LogP contribution is 2.28. The second kappa shape index (κ2) is 5.49. The summed E-state index contributed by atoms with van der Waals surface area (Å²) in [5.74, 6) is -8.98. The summed E-state index contributed by atoms with van der Waals surface area (Å²) in [5, 5.41) is 10.3. The van der Waals surface area contributed by atoms with Crippen molar-refractivity contribution in [2.45, 2.75) is 6.61 Å². The van der Waals surface area contributed by atoms with Crippen LogP contribution in [0.3, 0.4) is 0 Å². The van der Waals surface area contributed by atoms with Gasteiger partial charge in [0, 0.05) is 11.6 Å². The first-order valence-electron chi connectivity index (χ1n) is 5.17. The van der Waals surface area contributed by atoms with Crippen molar-refractivity contribution in [2.75, 3.05) is 0 Å². The normalized spacial score (nSPS) is 10.6. The van der Waals surface area contributed by atoms with E-state index in [1.165, 1.54) is 11.4 Å². The summed E-state index contributed by atoms with van der Waals surface area (Å²) < 4.78 is 57.2. The maximum Gasteiger partial charge on any atom is 0.346 e. The fraction of sp³-hybridized carbons (Fsp3) is 0.0833. The van der Waals surface area contributed by atoms with E-state index in [1.54, 1.807) is 0 Å². The molecular weight excluding hydrogens is 300 g/mol. The van der Waals surface area contributed by atoms with Crippen LogP contribution in [0.5, 0.6) is 5.75 Å². The number of carboxylic acid groups (broad SMARTS) is 1. The molecule has 1 aromatic carbocycles. The smallest absolute Gasteiger partial charge is 0.346 e. The minimum Gasteiger partial charge on any atom is -0.483 e. The van der Waals surface area contributed by atoms with Crippen molar-refractivity contribution >= 4 is 17.3 Å². The molecule has 2 rings (SSSR count). The first kappa shape index (κ1) is 14.3. The molecule has 2 aromatic rings. The molecule has 3 nitrogen and oxygen atoms in total. The van der Waals surface area contributed by atoms with Crippen LogP contribution in [0.4, 0.5) is 17.6 Å². The lowest BCUT2D eigenvalue weighted by Gasteiger charge is -2.09. The van der Waals surface area contributed by atoms with E-state index in [0.717, 1.165) is 11.3 Å². The Morgan fingerprint density at radius 1 is 1.20 bits per heavy atom. The number of hydrogen-bond acceptors (Lipinski definition) is 3. The van der Waals surface area contributed by atoms with E-state index >= 15 is 0 Å². The van der Waals surface area contributed by atoms with E-state index in [2.05, 4.69) is 4.74 Å². The van der Waals surface area contributed by atoms with Crippen molar-refractivity contribution in [2.24, 2.45) is 0 Å². The number of carbonyl (C=O) groups is 1. The second-order valence-electron chi connectivity index (χ2n) is 3.67. The third kappa shape index (κ3) is 2.60. The van der Waals surface area contributed by atoms with Gasteiger partial charge in [0.05, 0.1) is 0 Å². The van der Waals surface area contributed by atoms with Crippen LogP contribution in [0.1, 0.15) is 15.2 Å². The lowest BCUT2D eigenvalue weighted by molar-refractivity contribution is 0.0699. The lowest BCUT2D eigenvalue weighted by atomic mass is 10.2. The van der Waals surface area contributed by atoms with Gasteiger partial charge >= 0.3 is 5.97 Å². The molecule has 0 amide bonds. The highest BCUT2D eigenvalue weighted by atomic mass is 32.1. The van der Waals surface area contributed by atoms with Crippen LogP contribution in [0.15, 0.2) is 17.5 Å². The molecule has 0 bridgehead atoms. The molecule has 0 aliphatic carbocycles. The lowest BCUT2D eigenvalue weighted by Crippen LogP contribution is -2.06. The summed E-state index contributed by atoms with van der Waals surface area (Å²) in [5.41, 5.74) is 0.144. The monoisotopic (exact) mass is 306 g/mol. The fourth-order valence-corrected chi connectivity index (χ4v) is 2.21. The molecule has 0 aliphatic heterocycles. The van der Waals surface area contributed by atoms with E-state index in [0.29, 0.717) is 0 Å². The van der Waals surface area contributed by atoms with Gasteiger partial charge < -0.3 is 9.84 Å². The Bertz CT molecular complexity index is 643. The van der Waals surface area contributed by atoms with Crippen LogP contribution in [-0.4, -0.2) is 11.1 Å². The summed E-state index contributed by atoms with van der Waals surface area (Å²) in [6.07, 6.45) is 0. The fourth-order valence-electron chi connectivity index (χ4n) is 1.46. The van der Waals surface area contributed by atoms with Gasteiger partial charge in [0.25, 0.3) is 0 Å². The molecule has 0 radical (unpaired) electrons. The number of thiophene rings is 1. The quantitative estimate of drug-likeness (QED) is 0.693. The zero-order valence-corrected chi connectivity index (χ0v) is 10.4. The molecule has 0 spiro atoms. The molecule has 0 saturated carbocycles.